The summed E-state index contributed by atoms with van der Waals surface area (Å²) in [5.74, 6) is -2.51. The van der Waals surface area contributed by atoms with Crippen LogP contribution in [0.2, 0.25) is 0 Å². The Hall–Kier alpha value is -2.08. The lowest BCUT2D eigenvalue weighted by Crippen LogP contribution is -2.27. The predicted octanol–water partition coefficient (Wildman–Crippen LogP) is 0.612. The molecule has 0 fully saturated rings. The van der Waals surface area contributed by atoms with Crippen LogP contribution in [0.1, 0.15) is 11.4 Å². The Kier molecular flexibility index (Phi) is 5.13. The molecule has 0 aliphatic carbocycles. The van der Waals surface area contributed by atoms with Gasteiger partial charge in [-0.1, -0.05) is 0 Å². The summed E-state index contributed by atoms with van der Waals surface area (Å²) in [5.41, 5.74) is 2.81. The maximum Gasteiger partial charge on any atom is 0.328 e. The molecule has 0 aromatic carbocycles. The third-order valence-electron chi connectivity index (χ3n) is 2.48. The van der Waals surface area contributed by atoms with E-state index in [0.29, 0.717) is 12.2 Å². The largest absolute Gasteiger partial charge is 0.478 e. The first kappa shape index (κ1) is 14.0. The number of carboxylic acids is 2. The molecule has 0 saturated heterocycles. The number of fused-ring (bicyclic) bond motifs is 1. The van der Waals surface area contributed by atoms with Crippen LogP contribution in [0.5, 0.6) is 0 Å². The zero-order chi connectivity index (χ0) is 13.5. The molecule has 0 atom stereocenters. The van der Waals surface area contributed by atoms with Crippen LogP contribution >= 0.6 is 0 Å². The van der Waals surface area contributed by atoms with E-state index >= 15 is 0 Å². The normalized spacial score (nSPS) is 13.6. The number of carbonyl (C=O) groups is 2. The molecule has 1 aliphatic heterocycles. The van der Waals surface area contributed by atoms with Crippen LogP contribution in [0.25, 0.3) is 0 Å². The van der Waals surface area contributed by atoms with Gasteiger partial charge in [-0.2, -0.15) is 0 Å². The van der Waals surface area contributed by atoms with Crippen molar-refractivity contribution in [3.63, 3.8) is 0 Å². The van der Waals surface area contributed by atoms with Crippen LogP contribution in [-0.2, 0) is 22.7 Å². The summed E-state index contributed by atoms with van der Waals surface area (Å²) in [6.45, 7) is 5.44. The van der Waals surface area contributed by atoms with Gasteiger partial charge in [-0.05, 0) is 19.1 Å². The molecule has 18 heavy (non-hydrogen) atoms. The third kappa shape index (κ3) is 4.42. The second-order valence-corrected chi connectivity index (χ2v) is 3.80. The van der Waals surface area contributed by atoms with Crippen molar-refractivity contribution in [2.45, 2.75) is 20.0 Å². The van der Waals surface area contributed by atoms with E-state index < -0.39 is 11.9 Å². The number of carboxylic acid groups (broad SMARTS) is 2. The van der Waals surface area contributed by atoms with Crippen LogP contribution in [0.15, 0.2) is 24.3 Å². The molecule has 0 bridgehead atoms. The van der Waals surface area contributed by atoms with Crippen LogP contribution in [-0.4, -0.2) is 33.3 Å². The van der Waals surface area contributed by atoms with Crippen LogP contribution in [0.4, 0.5) is 0 Å². The van der Waals surface area contributed by atoms with E-state index in [4.69, 9.17) is 10.2 Å². The van der Waals surface area contributed by atoms with Crippen molar-refractivity contribution in [2.75, 3.05) is 6.54 Å². The van der Waals surface area contributed by atoms with Gasteiger partial charge < -0.3 is 20.1 Å². The monoisotopic (exact) mass is 252 g/mol. The Labute approximate surface area is 105 Å². The van der Waals surface area contributed by atoms with E-state index in [1.165, 1.54) is 11.4 Å². The average molecular weight is 252 g/mol. The molecule has 0 saturated carbocycles. The maximum absolute atomic E-state index is 9.55. The highest BCUT2D eigenvalue weighted by Crippen LogP contribution is 2.10. The predicted molar refractivity (Wildman–Crippen MR) is 65.3 cm³/mol. The van der Waals surface area contributed by atoms with Gasteiger partial charge in [0.05, 0.1) is 0 Å². The van der Waals surface area contributed by atoms with Gasteiger partial charge in [-0.15, -0.1) is 0 Å². The van der Waals surface area contributed by atoms with Crippen molar-refractivity contribution in [2.24, 2.45) is 0 Å². The third-order valence-corrected chi connectivity index (χ3v) is 2.48. The highest BCUT2D eigenvalue weighted by molar-refractivity contribution is 5.89. The zero-order valence-corrected chi connectivity index (χ0v) is 10.1. The summed E-state index contributed by atoms with van der Waals surface area (Å²) in [7, 11) is 0. The lowest BCUT2D eigenvalue weighted by atomic mass is 10.3. The number of nitrogens with zero attached hydrogens (tertiary/aromatic N) is 1. The van der Waals surface area contributed by atoms with E-state index in [9.17, 15) is 9.59 Å². The van der Waals surface area contributed by atoms with Crippen LogP contribution in [0.3, 0.4) is 0 Å². The summed E-state index contributed by atoms with van der Waals surface area (Å²) in [4.78, 5) is 19.1. The topological polar surface area (TPSA) is 91.6 Å². The number of nitrogens with one attached hydrogen (secondary N) is 1. The molecule has 0 radical (unpaired) electrons. The first-order valence-corrected chi connectivity index (χ1v) is 5.50. The second-order valence-electron chi connectivity index (χ2n) is 3.80. The lowest BCUT2D eigenvalue weighted by molar-refractivity contribution is -0.134. The van der Waals surface area contributed by atoms with E-state index in [-0.39, 0.29) is 0 Å². The van der Waals surface area contributed by atoms with E-state index in [1.807, 2.05) is 0 Å². The Morgan fingerprint density at radius 3 is 2.39 bits per heavy atom. The quantitative estimate of drug-likeness (QED) is 0.671. The average Bonchev–Trinajstić information content (AvgIpc) is 2.70. The number of aliphatic carboxylic acids is 2. The van der Waals surface area contributed by atoms with Crippen molar-refractivity contribution in [1.29, 1.82) is 0 Å². The molecule has 1 aromatic heterocycles. The van der Waals surface area contributed by atoms with E-state index in [0.717, 1.165) is 19.6 Å². The Bertz CT molecular complexity index is 447. The zero-order valence-electron chi connectivity index (χ0n) is 10.1. The fourth-order valence-corrected chi connectivity index (χ4v) is 1.65. The summed E-state index contributed by atoms with van der Waals surface area (Å²) >= 11 is 0. The molecular formula is C12H16N2O4. The smallest absolute Gasteiger partial charge is 0.328 e. The number of aromatic nitrogens is 1. The molecule has 1 aliphatic rings. The fraction of sp³-hybridized carbons (Fsp3) is 0.333. The van der Waals surface area contributed by atoms with Crippen molar-refractivity contribution in [3.05, 3.63) is 35.7 Å². The minimum absolute atomic E-state index is 0.558. The van der Waals surface area contributed by atoms with Gasteiger partial charge in [-0.3, -0.25) is 0 Å². The van der Waals surface area contributed by atoms with Crippen molar-refractivity contribution in [3.8, 4) is 0 Å². The van der Waals surface area contributed by atoms with Crippen molar-refractivity contribution in [1.82, 2.24) is 9.88 Å². The molecule has 2 rings (SSSR count). The Morgan fingerprint density at radius 1 is 1.28 bits per heavy atom. The van der Waals surface area contributed by atoms with Crippen molar-refractivity contribution < 1.29 is 19.8 Å². The summed E-state index contributed by atoms with van der Waals surface area (Å²) in [5, 5.41) is 19.0. The van der Waals surface area contributed by atoms with Gasteiger partial charge in [0.15, 0.2) is 0 Å². The summed E-state index contributed by atoms with van der Waals surface area (Å²) in [6, 6.07) is 4.38. The molecule has 0 amide bonds. The second kappa shape index (κ2) is 6.61. The molecule has 3 N–H and O–H groups in total. The Morgan fingerprint density at radius 2 is 1.89 bits per heavy atom. The van der Waals surface area contributed by atoms with E-state index in [1.54, 1.807) is 0 Å². The standard InChI is InChI=1S/C8H12N2.C4H4O4/c1-7-2-3-8-6-9-4-5-10(7)8;5-3(6)1-2-4(7)8/h2-3,9H,4-6H2,1H3;1-2H,(H,5,6)(H,7,8). The summed E-state index contributed by atoms with van der Waals surface area (Å²) < 4.78 is 2.37. The molecule has 0 spiro atoms. The summed E-state index contributed by atoms with van der Waals surface area (Å²) in [6.07, 6.45) is 1.12. The van der Waals surface area contributed by atoms with Gasteiger partial charge in [0.25, 0.3) is 0 Å². The van der Waals surface area contributed by atoms with Crippen LogP contribution in [0, 0.1) is 6.92 Å². The number of hydrogen-bond donors (Lipinski definition) is 3. The molecular weight excluding hydrogens is 236 g/mol. The van der Waals surface area contributed by atoms with Gasteiger partial charge in [0, 0.05) is 43.2 Å². The highest BCUT2D eigenvalue weighted by Gasteiger charge is 2.07. The fourth-order valence-electron chi connectivity index (χ4n) is 1.65. The van der Waals surface area contributed by atoms with E-state index in [2.05, 4.69) is 28.9 Å². The first-order valence-electron chi connectivity index (χ1n) is 5.50. The molecule has 2 heterocycles. The molecule has 6 heteroatoms. The molecule has 0 unspecified atom stereocenters. The molecule has 1 aromatic rings. The van der Waals surface area contributed by atoms with Gasteiger partial charge >= 0.3 is 11.9 Å². The minimum atomic E-state index is -1.26. The highest BCUT2D eigenvalue weighted by atomic mass is 16.4. The molecule has 6 nitrogen and oxygen atoms in total. The van der Waals surface area contributed by atoms with Gasteiger partial charge in [0.1, 0.15) is 0 Å². The first-order chi connectivity index (χ1) is 8.50. The molecule has 98 valence electrons. The number of aryl methyl sites for hydroxylation is 1. The number of hydrogen-bond acceptors (Lipinski definition) is 3. The number of rotatable bonds is 2. The van der Waals surface area contributed by atoms with Gasteiger partial charge in [0.2, 0.25) is 0 Å². The minimum Gasteiger partial charge on any atom is -0.478 e. The lowest BCUT2D eigenvalue weighted by Gasteiger charge is -2.17. The maximum atomic E-state index is 9.55. The van der Waals surface area contributed by atoms with Crippen LogP contribution < -0.4 is 5.32 Å². The Balaban J connectivity index is 0.000000187. The SMILES string of the molecule is Cc1ccc2n1CCNC2.O=C(O)C=CC(=O)O. The van der Waals surface area contributed by atoms with Gasteiger partial charge in [-0.25, -0.2) is 9.59 Å². The van der Waals surface area contributed by atoms with Crippen molar-refractivity contribution >= 4 is 11.9 Å².